The van der Waals surface area contributed by atoms with Crippen LogP contribution in [0.3, 0.4) is 0 Å². The molecule has 0 saturated heterocycles. The summed E-state index contributed by atoms with van der Waals surface area (Å²) in [5, 5.41) is 17.3. The molecule has 8 heteroatoms. The number of aryl methyl sites for hydroxylation is 1. The van der Waals surface area contributed by atoms with Crippen LogP contribution in [-0.4, -0.2) is 28.4 Å². The Hall–Kier alpha value is -3.42. The molecule has 0 fully saturated rings. The first-order chi connectivity index (χ1) is 11.6. The summed E-state index contributed by atoms with van der Waals surface area (Å²) in [5.74, 6) is 1.76. The maximum absolute atomic E-state index is 12.0. The van der Waals surface area contributed by atoms with Gasteiger partial charge in [0.05, 0.1) is 7.11 Å². The standard InChI is InChI=1S/C16H15N5O3/c1-10-8-15(21-24-10)18-16(22)13-6-7-14(20-19-13)17-11-4-3-5-12(9-11)23-2/h3-9H,1-2H3,(H,17,20)(H,18,21,22). The van der Waals surface area contributed by atoms with Crippen molar-refractivity contribution in [1.82, 2.24) is 15.4 Å². The number of nitrogens with zero attached hydrogens (tertiary/aromatic N) is 3. The minimum atomic E-state index is -0.413. The lowest BCUT2D eigenvalue weighted by Gasteiger charge is -2.07. The van der Waals surface area contributed by atoms with Gasteiger partial charge in [-0.3, -0.25) is 4.79 Å². The minimum Gasteiger partial charge on any atom is -0.497 e. The zero-order valence-electron chi connectivity index (χ0n) is 13.1. The molecule has 1 amide bonds. The number of amides is 1. The summed E-state index contributed by atoms with van der Waals surface area (Å²) in [6.07, 6.45) is 0. The van der Waals surface area contributed by atoms with Gasteiger partial charge in [0.25, 0.3) is 5.91 Å². The van der Waals surface area contributed by atoms with E-state index in [0.29, 0.717) is 17.4 Å². The molecular weight excluding hydrogens is 310 g/mol. The lowest BCUT2D eigenvalue weighted by atomic mass is 10.3. The van der Waals surface area contributed by atoms with Crippen molar-refractivity contribution in [3.05, 3.63) is 53.9 Å². The number of carbonyl (C=O) groups is 1. The highest BCUT2D eigenvalue weighted by atomic mass is 16.5. The van der Waals surface area contributed by atoms with Crippen LogP contribution in [-0.2, 0) is 0 Å². The number of anilines is 3. The first kappa shape index (κ1) is 15.5. The van der Waals surface area contributed by atoms with Gasteiger partial charge in [-0.05, 0) is 31.2 Å². The maximum Gasteiger partial charge on any atom is 0.277 e. The first-order valence-corrected chi connectivity index (χ1v) is 7.13. The van der Waals surface area contributed by atoms with Crippen LogP contribution in [0.1, 0.15) is 16.2 Å². The van der Waals surface area contributed by atoms with Gasteiger partial charge in [0.1, 0.15) is 11.5 Å². The molecule has 0 saturated carbocycles. The first-order valence-electron chi connectivity index (χ1n) is 7.13. The van der Waals surface area contributed by atoms with Crippen molar-refractivity contribution in [2.24, 2.45) is 0 Å². The number of benzene rings is 1. The van der Waals surface area contributed by atoms with Gasteiger partial charge in [0, 0.05) is 17.8 Å². The summed E-state index contributed by atoms with van der Waals surface area (Å²) >= 11 is 0. The van der Waals surface area contributed by atoms with E-state index in [2.05, 4.69) is 26.0 Å². The van der Waals surface area contributed by atoms with Crippen LogP contribution < -0.4 is 15.4 Å². The van der Waals surface area contributed by atoms with Crippen molar-refractivity contribution in [1.29, 1.82) is 0 Å². The van der Waals surface area contributed by atoms with Crippen molar-refractivity contribution >= 4 is 23.2 Å². The van der Waals surface area contributed by atoms with Gasteiger partial charge < -0.3 is 19.9 Å². The molecule has 0 atom stereocenters. The molecule has 24 heavy (non-hydrogen) atoms. The quantitative estimate of drug-likeness (QED) is 0.743. The number of hydrogen-bond acceptors (Lipinski definition) is 7. The largest absolute Gasteiger partial charge is 0.497 e. The molecule has 0 spiro atoms. The van der Waals surface area contributed by atoms with E-state index in [9.17, 15) is 4.79 Å². The fourth-order valence-corrected chi connectivity index (χ4v) is 1.97. The molecule has 2 heterocycles. The van der Waals surface area contributed by atoms with E-state index in [-0.39, 0.29) is 5.69 Å². The molecular formula is C16H15N5O3. The molecule has 0 unspecified atom stereocenters. The van der Waals surface area contributed by atoms with Crippen molar-refractivity contribution < 1.29 is 14.1 Å². The molecule has 0 radical (unpaired) electrons. The zero-order chi connectivity index (χ0) is 16.9. The number of ether oxygens (including phenoxy) is 1. The molecule has 0 aliphatic carbocycles. The Morgan fingerprint density at radius 2 is 2.00 bits per heavy atom. The summed E-state index contributed by atoms with van der Waals surface area (Å²) in [6, 6.07) is 12.2. The van der Waals surface area contributed by atoms with Gasteiger partial charge in [-0.1, -0.05) is 11.2 Å². The van der Waals surface area contributed by atoms with Crippen LogP contribution in [0.4, 0.5) is 17.3 Å². The van der Waals surface area contributed by atoms with Crippen molar-refractivity contribution in [2.75, 3.05) is 17.7 Å². The molecule has 2 N–H and O–H groups in total. The number of hydrogen-bond donors (Lipinski definition) is 2. The summed E-state index contributed by atoms with van der Waals surface area (Å²) < 4.78 is 10.0. The highest BCUT2D eigenvalue weighted by Gasteiger charge is 2.11. The number of aromatic nitrogens is 3. The second-order valence-electron chi connectivity index (χ2n) is 4.94. The Balaban J connectivity index is 1.67. The minimum absolute atomic E-state index is 0.173. The van der Waals surface area contributed by atoms with Gasteiger partial charge in [-0.25, -0.2) is 0 Å². The van der Waals surface area contributed by atoms with E-state index in [0.717, 1.165) is 11.4 Å². The van der Waals surface area contributed by atoms with E-state index < -0.39 is 5.91 Å². The Bertz CT molecular complexity index is 845. The fourth-order valence-electron chi connectivity index (χ4n) is 1.97. The van der Waals surface area contributed by atoms with Crippen LogP contribution >= 0.6 is 0 Å². The number of nitrogens with one attached hydrogen (secondary N) is 2. The molecule has 8 nitrogen and oxygen atoms in total. The molecule has 1 aromatic carbocycles. The van der Waals surface area contributed by atoms with E-state index in [1.165, 1.54) is 0 Å². The van der Waals surface area contributed by atoms with E-state index in [1.54, 1.807) is 32.2 Å². The summed E-state index contributed by atoms with van der Waals surface area (Å²) in [4.78, 5) is 12.0. The normalized spacial score (nSPS) is 10.2. The number of carbonyl (C=O) groups excluding carboxylic acids is 1. The predicted molar refractivity (Wildman–Crippen MR) is 87.5 cm³/mol. The molecule has 0 aliphatic heterocycles. The Kier molecular flexibility index (Phi) is 4.37. The van der Waals surface area contributed by atoms with E-state index in [4.69, 9.17) is 9.26 Å². The van der Waals surface area contributed by atoms with Gasteiger partial charge in [0.15, 0.2) is 17.3 Å². The lowest BCUT2D eigenvalue weighted by molar-refractivity contribution is 0.102. The van der Waals surface area contributed by atoms with Gasteiger partial charge >= 0.3 is 0 Å². The monoisotopic (exact) mass is 325 g/mol. The number of methoxy groups -OCH3 is 1. The van der Waals surface area contributed by atoms with Crippen LogP contribution in [0, 0.1) is 6.92 Å². The third-order valence-electron chi connectivity index (χ3n) is 3.11. The van der Waals surface area contributed by atoms with Gasteiger partial charge in [-0.2, -0.15) is 0 Å². The Labute approximate surface area is 137 Å². The van der Waals surface area contributed by atoms with Gasteiger partial charge in [0.2, 0.25) is 0 Å². The molecule has 2 aromatic heterocycles. The number of rotatable bonds is 5. The topological polar surface area (TPSA) is 102 Å². The smallest absolute Gasteiger partial charge is 0.277 e. The molecule has 0 aliphatic rings. The van der Waals surface area contributed by atoms with Crippen molar-refractivity contribution in [2.45, 2.75) is 6.92 Å². The average molecular weight is 325 g/mol. The average Bonchev–Trinajstić information content (AvgIpc) is 3.00. The Morgan fingerprint density at radius 1 is 1.12 bits per heavy atom. The fraction of sp³-hybridized carbons (Fsp3) is 0.125. The Morgan fingerprint density at radius 3 is 2.67 bits per heavy atom. The molecule has 3 aromatic rings. The second kappa shape index (κ2) is 6.78. The lowest BCUT2D eigenvalue weighted by Crippen LogP contribution is -2.14. The highest BCUT2D eigenvalue weighted by Crippen LogP contribution is 2.20. The summed E-state index contributed by atoms with van der Waals surface area (Å²) in [5.41, 5.74) is 0.978. The molecule has 0 bridgehead atoms. The van der Waals surface area contributed by atoms with E-state index in [1.807, 2.05) is 24.3 Å². The van der Waals surface area contributed by atoms with E-state index >= 15 is 0 Å². The van der Waals surface area contributed by atoms with Crippen LogP contribution in [0.15, 0.2) is 47.0 Å². The van der Waals surface area contributed by atoms with Gasteiger partial charge in [-0.15, -0.1) is 10.2 Å². The highest BCUT2D eigenvalue weighted by molar-refractivity contribution is 6.02. The SMILES string of the molecule is COc1cccc(Nc2ccc(C(=O)Nc3cc(C)on3)nn2)c1. The molecule has 122 valence electrons. The summed E-state index contributed by atoms with van der Waals surface area (Å²) in [6.45, 7) is 1.74. The predicted octanol–water partition coefficient (Wildman–Crippen LogP) is 2.78. The summed E-state index contributed by atoms with van der Waals surface area (Å²) in [7, 11) is 1.60. The third-order valence-corrected chi connectivity index (χ3v) is 3.11. The van der Waals surface area contributed by atoms with Crippen LogP contribution in [0.5, 0.6) is 5.75 Å². The van der Waals surface area contributed by atoms with Crippen LogP contribution in [0.25, 0.3) is 0 Å². The third kappa shape index (κ3) is 3.67. The van der Waals surface area contributed by atoms with Crippen molar-refractivity contribution in [3.63, 3.8) is 0 Å². The zero-order valence-corrected chi connectivity index (χ0v) is 13.1. The second-order valence-corrected chi connectivity index (χ2v) is 4.94. The molecule has 3 rings (SSSR count). The maximum atomic E-state index is 12.0. The van der Waals surface area contributed by atoms with Crippen molar-refractivity contribution in [3.8, 4) is 5.75 Å². The van der Waals surface area contributed by atoms with Crippen LogP contribution in [0.2, 0.25) is 0 Å².